The maximum Gasteiger partial charge on any atom is 0.163 e. The fraction of sp³-hybridized carbons (Fsp3) is 0.545. The second kappa shape index (κ2) is 5.23. The predicted octanol–water partition coefficient (Wildman–Crippen LogP) is 2.96. The van der Waals surface area contributed by atoms with Crippen molar-refractivity contribution in [3.63, 3.8) is 0 Å². The van der Waals surface area contributed by atoms with E-state index in [-0.39, 0.29) is 15.5 Å². The lowest BCUT2D eigenvalue weighted by atomic mass is 10.3. The molecule has 0 bridgehead atoms. The highest BCUT2D eigenvalue weighted by Gasteiger charge is 2.20. The Kier molecular flexibility index (Phi) is 4.44. The quantitative estimate of drug-likeness (QED) is 0.839. The minimum absolute atomic E-state index is 0.0616. The van der Waals surface area contributed by atoms with Gasteiger partial charge in [0.05, 0.1) is 10.7 Å². The second-order valence-electron chi connectivity index (χ2n) is 4.47. The van der Waals surface area contributed by atoms with Gasteiger partial charge in [0.25, 0.3) is 0 Å². The summed E-state index contributed by atoms with van der Waals surface area (Å²) in [5, 5.41) is 0.0616. The van der Waals surface area contributed by atoms with Crippen molar-refractivity contribution in [2.75, 3.05) is 5.75 Å². The Balaban J connectivity index is 2.69. The van der Waals surface area contributed by atoms with Gasteiger partial charge in [-0.05, 0) is 26.8 Å². The van der Waals surface area contributed by atoms with Gasteiger partial charge in [-0.25, -0.2) is 4.39 Å². The molecule has 1 rings (SSSR count). The van der Waals surface area contributed by atoms with Gasteiger partial charge in [-0.1, -0.05) is 11.6 Å². The largest absolute Gasteiger partial charge is 0.259 e. The number of halogens is 2. The van der Waals surface area contributed by atoms with Crippen molar-refractivity contribution in [2.45, 2.75) is 31.9 Å². The van der Waals surface area contributed by atoms with E-state index in [1.54, 1.807) is 0 Å². The summed E-state index contributed by atoms with van der Waals surface area (Å²) in [7, 11) is -1.00. The molecule has 1 aromatic heterocycles. The number of hydrogen-bond acceptors (Lipinski definition) is 2. The van der Waals surface area contributed by atoms with Crippen LogP contribution in [0.3, 0.4) is 0 Å². The molecule has 0 N–H and O–H groups in total. The predicted molar refractivity (Wildman–Crippen MR) is 65.7 cm³/mol. The summed E-state index contributed by atoms with van der Waals surface area (Å²) >= 11 is 5.63. The highest BCUT2D eigenvalue weighted by atomic mass is 35.5. The van der Waals surface area contributed by atoms with E-state index in [1.165, 1.54) is 12.3 Å². The van der Waals surface area contributed by atoms with Crippen molar-refractivity contribution in [1.82, 2.24) is 4.98 Å². The third kappa shape index (κ3) is 3.52. The fourth-order valence-electron chi connectivity index (χ4n) is 1.13. The topological polar surface area (TPSA) is 30.0 Å². The Labute approximate surface area is 103 Å². The van der Waals surface area contributed by atoms with Crippen LogP contribution in [0, 0.1) is 5.82 Å². The lowest BCUT2D eigenvalue weighted by molar-refractivity contribution is 0.600. The van der Waals surface area contributed by atoms with Crippen molar-refractivity contribution in [3.8, 4) is 0 Å². The number of pyridine rings is 1. The molecule has 0 saturated carbocycles. The summed E-state index contributed by atoms with van der Waals surface area (Å²) in [6, 6.07) is 1.40. The first kappa shape index (κ1) is 13.6. The van der Waals surface area contributed by atoms with E-state index < -0.39 is 16.6 Å². The van der Waals surface area contributed by atoms with Crippen LogP contribution in [0.1, 0.15) is 26.5 Å². The van der Waals surface area contributed by atoms with Crippen molar-refractivity contribution >= 4 is 22.4 Å². The van der Waals surface area contributed by atoms with E-state index in [2.05, 4.69) is 4.98 Å². The molecule has 1 unspecified atom stereocenters. The van der Waals surface area contributed by atoms with Crippen LogP contribution >= 0.6 is 11.6 Å². The molecule has 1 aromatic rings. The fourth-order valence-corrected chi connectivity index (χ4v) is 2.29. The Hall–Kier alpha value is -0.480. The average Bonchev–Trinajstić information content (AvgIpc) is 2.18. The van der Waals surface area contributed by atoms with Crippen LogP contribution in [0.2, 0.25) is 5.02 Å². The van der Waals surface area contributed by atoms with Crippen molar-refractivity contribution < 1.29 is 8.60 Å². The van der Waals surface area contributed by atoms with Gasteiger partial charge in [-0.2, -0.15) is 0 Å². The monoisotopic (exact) mass is 263 g/mol. The smallest absolute Gasteiger partial charge is 0.163 e. The molecule has 0 radical (unpaired) electrons. The summed E-state index contributed by atoms with van der Waals surface area (Å²) in [6.45, 7) is 5.68. The molecule has 0 saturated heterocycles. The molecule has 1 heterocycles. The third-order valence-electron chi connectivity index (χ3n) is 2.12. The van der Waals surface area contributed by atoms with Crippen LogP contribution in [-0.4, -0.2) is 19.7 Å². The number of rotatable bonds is 3. The van der Waals surface area contributed by atoms with Gasteiger partial charge < -0.3 is 0 Å². The van der Waals surface area contributed by atoms with Gasteiger partial charge in [0, 0.05) is 33.9 Å². The first-order valence-electron chi connectivity index (χ1n) is 4.99. The summed E-state index contributed by atoms with van der Waals surface area (Å²) in [6.07, 6.45) is 1.80. The zero-order valence-electron chi connectivity index (χ0n) is 9.59. The molecule has 0 fully saturated rings. The minimum atomic E-state index is -1.00. The third-order valence-corrected chi connectivity index (χ3v) is 4.35. The molecule has 0 amide bonds. The molecular weight excluding hydrogens is 249 g/mol. The van der Waals surface area contributed by atoms with Crippen LogP contribution in [-0.2, 0) is 17.2 Å². The van der Waals surface area contributed by atoms with Crippen molar-refractivity contribution in [1.29, 1.82) is 0 Å². The normalized spacial score (nSPS) is 13.8. The number of aromatic nitrogens is 1. The summed E-state index contributed by atoms with van der Waals surface area (Å²) in [5.41, 5.74) is 0.283. The zero-order chi connectivity index (χ0) is 12.3. The first-order valence-corrected chi connectivity index (χ1v) is 6.69. The molecule has 0 spiro atoms. The van der Waals surface area contributed by atoms with Gasteiger partial charge in [0.1, 0.15) is 0 Å². The van der Waals surface area contributed by atoms with Crippen LogP contribution in [0.5, 0.6) is 0 Å². The molecule has 2 nitrogen and oxygen atoms in total. The summed E-state index contributed by atoms with van der Waals surface area (Å²) in [5.74, 6) is -0.108. The number of nitrogens with zero attached hydrogens (tertiary/aromatic N) is 1. The van der Waals surface area contributed by atoms with E-state index >= 15 is 0 Å². The SMILES string of the molecule is CC(C)(C)S(=O)CCc1nccc(Cl)c1F. The average molecular weight is 264 g/mol. The van der Waals surface area contributed by atoms with Gasteiger partial charge >= 0.3 is 0 Å². The molecule has 0 aliphatic rings. The van der Waals surface area contributed by atoms with Gasteiger partial charge in [-0.15, -0.1) is 0 Å². The van der Waals surface area contributed by atoms with Crippen LogP contribution in [0.4, 0.5) is 4.39 Å². The summed E-state index contributed by atoms with van der Waals surface area (Å²) in [4.78, 5) is 3.90. The lowest BCUT2D eigenvalue weighted by Crippen LogP contribution is -2.25. The van der Waals surface area contributed by atoms with Gasteiger partial charge in [0.15, 0.2) is 5.82 Å². The molecule has 5 heteroatoms. The molecule has 0 aliphatic heterocycles. The van der Waals surface area contributed by atoms with Crippen LogP contribution in [0.25, 0.3) is 0 Å². The van der Waals surface area contributed by atoms with Crippen LogP contribution in [0.15, 0.2) is 12.3 Å². The molecule has 1 atom stereocenters. The number of hydrogen-bond donors (Lipinski definition) is 0. The standard InChI is InChI=1S/C11H15ClFNOS/c1-11(2,3)16(15)7-5-9-10(13)8(12)4-6-14-9/h4,6H,5,7H2,1-3H3. The zero-order valence-corrected chi connectivity index (χ0v) is 11.2. The Morgan fingerprint density at radius 2 is 2.12 bits per heavy atom. The second-order valence-corrected chi connectivity index (χ2v) is 7.20. The van der Waals surface area contributed by atoms with Crippen molar-refractivity contribution in [2.24, 2.45) is 0 Å². The van der Waals surface area contributed by atoms with E-state index in [0.717, 1.165) is 0 Å². The molecule has 16 heavy (non-hydrogen) atoms. The molecule has 0 aliphatic carbocycles. The lowest BCUT2D eigenvalue weighted by Gasteiger charge is -2.17. The van der Waals surface area contributed by atoms with E-state index in [9.17, 15) is 8.60 Å². The minimum Gasteiger partial charge on any atom is -0.259 e. The number of aryl methyl sites for hydroxylation is 1. The molecule has 0 aromatic carbocycles. The first-order chi connectivity index (χ1) is 7.32. The Morgan fingerprint density at radius 1 is 1.50 bits per heavy atom. The maximum absolute atomic E-state index is 13.5. The summed E-state index contributed by atoms with van der Waals surface area (Å²) < 4.78 is 24.9. The van der Waals surface area contributed by atoms with Gasteiger partial charge in [0.2, 0.25) is 0 Å². The highest BCUT2D eigenvalue weighted by Crippen LogP contribution is 2.18. The maximum atomic E-state index is 13.5. The van der Waals surface area contributed by atoms with E-state index in [0.29, 0.717) is 12.2 Å². The Bertz CT molecular complexity index is 403. The molecule has 90 valence electrons. The Morgan fingerprint density at radius 3 is 2.69 bits per heavy atom. The van der Waals surface area contributed by atoms with Crippen molar-refractivity contribution in [3.05, 3.63) is 28.8 Å². The van der Waals surface area contributed by atoms with E-state index in [4.69, 9.17) is 11.6 Å². The van der Waals surface area contributed by atoms with Gasteiger partial charge in [-0.3, -0.25) is 9.19 Å². The molecular formula is C11H15ClFNOS. The highest BCUT2D eigenvalue weighted by molar-refractivity contribution is 7.86. The van der Waals surface area contributed by atoms with Crippen LogP contribution < -0.4 is 0 Å². The van der Waals surface area contributed by atoms with E-state index in [1.807, 2.05) is 20.8 Å².